The molecule has 5 heteroatoms. The molecule has 0 aliphatic rings. The molecule has 21 heavy (non-hydrogen) atoms. The summed E-state index contributed by atoms with van der Waals surface area (Å²) in [5.74, 6) is -0.611. The lowest BCUT2D eigenvalue weighted by atomic mass is 10.1. The molecule has 2 aromatic rings. The zero-order chi connectivity index (χ0) is 15.2. The number of carboxylic acids is 1. The fraction of sp³-hybridized carbons (Fsp3) is 0.188. The van der Waals surface area contributed by atoms with Crippen molar-refractivity contribution in [2.24, 2.45) is 0 Å². The Morgan fingerprint density at radius 2 is 2.19 bits per heavy atom. The van der Waals surface area contributed by atoms with E-state index < -0.39 is 5.97 Å². The van der Waals surface area contributed by atoms with Gasteiger partial charge in [0.15, 0.2) is 0 Å². The maximum atomic E-state index is 13.6. The molecule has 0 aliphatic carbocycles. The van der Waals surface area contributed by atoms with Gasteiger partial charge < -0.3 is 9.52 Å². The topological polar surface area (TPSA) is 53.7 Å². The van der Waals surface area contributed by atoms with E-state index in [4.69, 9.17) is 9.52 Å². The summed E-state index contributed by atoms with van der Waals surface area (Å²) in [7, 11) is 1.90. The van der Waals surface area contributed by atoms with Crippen molar-refractivity contribution in [3.05, 3.63) is 65.4 Å². The molecule has 0 saturated heterocycles. The van der Waals surface area contributed by atoms with Gasteiger partial charge in [0.05, 0.1) is 12.8 Å². The number of halogens is 1. The third-order valence-corrected chi connectivity index (χ3v) is 2.86. The molecule has 1 aromatic carbocycles. The van der Waals surface area contributed by atoms with E-state index in [1.807, 2.05) is 24.1 Å². The standard InChI is InChI=1S/C16H16FNO3/c1-18(11-15-3-2-6-21-15)10-13-7-12(4-5-16(19)20)8-14(17)9-13/h2-9H,10-11H2,1H3,(H,19,20). The smallest absolute Gasteiger partial charge is 0.328 e. The fourth-order valence-electron chi connectivity index (χ4n) is 2.07. The Morgan fingerprint density at radius 1 is 1.38 bits per heavy atom. The molecular weight excluding hydrogens is 273 g/mol. The van der Waals surface area contributed by atoms with Gasteiger partial charge in [-0.1, -0.05) is 6.07 Å². The zero-order valence-corrected chi connectivity index (χ0v) is 11.6. The highest BCUT2D eigenvalue weighted by Crippen LogP contribution is 2.14. The second kappa shape index (κ2) is 6.85. The number of aliphatic carboxylic acids is 1. The molecular formula is C16H16FNO3. The van der Waals surface area contributed by atoms with Crippen LogP contribution in [0.4, 0.5) is 4.39 Å². The van der Waals surface area contributed by atoms with Crippen molar-refractivity contribution in [3.8, 4) is 0 Å². The third-order valence-electron chi connectivity index (χ3n) is 2.86. The van der Waals surface area contributed by atoms with Crippen LogP contribution in [0.5, 0.6) is 0 Å². The Kier molecular flexibility index (Phi) is 4.90. The SMILES string of the molecule is CN(Cc1cc(F)cc(C=CC(=O)O)c1)Cc1ccco1. The Hall–Kier alpha value is -2.40. The summed E-state index contributed by atoms with van der Waals surface area (Å²) in [6, 6.07) is 8.20. The van der Waals surface area contributed by atoms with Gasteiger partial charge in [-0.15, -0.1) is 0 Å². The molecule has 0 aliphatic heterocycles. The Balaban J connectivity index is 2.07. The van der Waals surface area contributed by atoms with Gasteiger partial charge in [0.1, 0.15) is 11.6 Å². The van der Waals surface area contributed by atoms with E-state index in [2.05, 4.69) is 0 Å². The van der Waals surface area contributed by atoms with Gasteiger partial charge in [0.2, 0.25) is 0 Å². The van der Waals surface area contributed by atoms with Gasteiger partial charge in [-0.3, -0.25) is 4.90 Å². The van der Waals surface area contributed by atoms with Crippen LogP contribution in [0, 0.1) is 5.82 Å². The molecule has 2 rings (SSSR count). The molecule has 0 radical (unpaired) electrons. The van der Waals surface area contributed by atoms with Gasteiger partial charge in [0.25, 0.3) is 0 Å². The second-order valence-electron chi connectivity index (χ2n) is 4.82. The van der Waals surface area contributed by atoms with Crippen LogP contribution in [0.1, 0.15) is 16.9 Å². The first-order valence-corrected chi connectivity index (χ1v) is 6.44. The number of hydrogen-bond acceptors (Lipinski definition) is 3. The predicted octanol–water partition coefficient (Wildman–Crippen LogP) is 3.15. The number of nitrogens with zero attached hydrogens (tertiary/aromatic N) is 1. The molecule has 0 atom stereocenters. The van der Waals surface area contributed by atoms with Crippen LogP contribution >= 0.6 is 0 Å². The van der Waals surface area contributed by atoms with Crippen LogP contribution in [0.25, 0.3) is 6.08 Å². The van der Waals surface area contributed by atoms with Crippen molar-refractivity contribution >= 4 is 12.0 Å². The lowest BCUT2D eigenvalue weighted by Gasteiger charge is -2.15. The van der Waals surface area contributed by atoms with Gasteiger partial charge >= 0.3 is 5.97 Å². The first-order chi connectivity index (χ1) is 10.0. The molecule has 110 valence electrons. The maximum Gasteiger partial charge on any atom is 0.328 e. The second-order valence-corrected chi connectivity index (χ2v) is 4.82. The van der Waals surface area contributed by atoms with Crippen molar-refractivity contribution in [3.63, 3.8) is 0 Å². The number of carbonyl (C=O) groups is 1. The minimum absolute atomic E-state index is 0.385. The summed E-state index contributed by atoms with van der Waals surface area (Å²) in [5.41, 5.74) is 1.30. The van der Waals surface area contributed by atoms with Crippen LogP contribution in [-0.2, 0) is 17.9 Å². The van der Waals surface area contributed by atoms with Crippen molar-refractivity contribution in [1.29, 1.82) is 0 Å². The average Bonchev–Trinajstić information content (AvgIpc) is 2.88. The van der Waals surface area contributed by atoms with Crippen LogP contribution in [0.3, 0.4) is 0 Å². The number of furan rings is 1. The summed E-state index contributed by atoms with van der Waals surface area (Å²) < 4.78 is 18.8. The minimum Gasteiger partial charge on any atom is -0.478 e. The van der Waals surface area contributed by atoms with E-state index in [0.29, 0.717) is 18.7 Å². The Bertz CT molecular complexity index is 635. The quantitative estimate of drug-likeness (QED) is 0.830. The molecule has 0 amide bonds. The van der Waals surface area contributed by atoms with Gasteiger partial charge in [-0.25, -0.2) is 9.18 Å². The molecule has 1 aromatic heterocycles. The molecule has 0 unspecified atom stereocenters. The van der Waals surface area contributed by atoms with Crippen molar-refractivity contribution in [2.75, 3.05) is 7.05 Å². The van der Waals surface area contributed by atoms with E-state index in [1.54, 1.807) is 12.3 Å². The molecule has 1 heterocycles. The molecule has 4 nitrogen and oxygen atoms in total. The Morgan fingerprint density at radius 3 is 2.86 bits per heavy atom. The van der Waals surface area contributed by atoms with Crippen LogP contribution in [-0.4, -0.2) is 23.0 Å². The predicted molar refractivity (Wildman–Crippen MR) is 76.9 cm³/mol. The highest BCUT2D eigenvalue weighted by Gasteiger charge is 2.06. The summed E-state index contributed by atoms with van der Waals surface area (Å²) in [5, 5.41) is 8.60. The lowest BCUT2D eigenvalue weighted by molar-refractivity contribution is -0.131. The van der Waals surface area contributed by atoms with E-state index >= 15 is 0 Å². The average molecular weight is 289 g/mol. The maximum absolute atomic E-state index is 13.6. The molecule has 0 fully saturated rings. The van der Waals surface area contributed by atoms with Crippen LogP contribution < -0.4 is 0 Å². The lowest BCUT2D eigenvalue weighted by Crippen LogP contribution is -2.17. The van der Waals surface area contributed by atoms with Crippen molar-refractivity contribution in [1.82, 2.24) is 4.90 Å². The highest BCUT2D eigenvalue weighted by atomic mass is 19.1. The van der Waals surface area contributed by atoms with Gasteiger partial charge in [-0.05, 0) is 48.5 Å². The number of hydrogen-bond donors (Lipinski definition) is 1. The highest BCUT2D eigenvalue weighted by molar-refractivity contribution is 5.85. The first-order valence-electron chi connectivity index (χ1n) is 6.44. The summed E-state index contributed by atoms with van der Waals surface area (Å²) >= 11 is 0. The number of carboxylic acid groups (broad SMARTS) is 1. The normalized spacial score (nSPS) is 11.4. The van der Waals surface area contributed by atoms with Crippen molar-refractivity contribution < 1.29 is 18.7 Å². The largest absolute Gasteiger partial charge is 0.478 e. The first kappa shape index (κ1) is 15.0. The van der Waals surface area contributed by atoms with E-state index in [9.17, 15) is 9.18 Å². The fourth-order valence-corrected chi connectivity index (χ4v) is 2.07. The number of benzene rings is 1. The molecule has 0 spiro atoms. The van der Waals surface area contributed by atoms with E-state index in [-0.39, 0.29) is 5.82 Å². The third kappa shape index (κ3) is 4.89. The molecule has 1 N–H and O–H groups in total. The Labute approximate surface area is 122 Å². The van der Waals surface area contributed by atoms with Crippen LogP contribution in [0.15, 0.2) is 47.1 Å². The molecule has 0 saturated carbocycles. The van der Waals surface area contributed by atoms with Crippen LogP contribution in [0.2, 0.25) is 0 Å². The summed E-state index contributed by atoms with van der Waals surface area (Å²) in [6.45, 7) is 1.15. The summed E-state index contributed by atoms with van der Waals surface area (Å²) in [6.07, 6.45) is 3.98. The number of rotatable bonds is 6. The molecule has 0 bridgehead atoms. The van der Waals surface area contributed by atoms with Gasteiger partial charge in [0, 0.05) is 12.6 Å². The summed E-state index contributed by atoms with van der Waals surface area (Å²) in [4.78, 5) is 12.5. The van der Waals surface area contributed by atoms with Crippen molar-refractivity contribution in [2.45, 2.75) is 13.1 Å². The monoisotopic (exact) mass is 289 g/mol. The zero-order valence-electron chi connectivity index (χ0n) is 11.6. The van der Waals surface area contributed by atoms with E-state index in [0.717, 1.165) is 17.4 Å². The van der Waals surface area contributed by atoms with E-state index in [1.165, 1.54) is 18.2 Å². The minimum atomic E-state index is -1.06. The van der Waals surface area contributed by atoms with Gasteiger partial charge in [-0.2, -0.15) is 0 Å².